The first-order chi connectivity index (χ1) is 7.57. The van der Waals surface area contributed by atoms with Crippen molar-refractivity contribution in [1.29, 1.82) is 5.26 Å². The van der Waals surface area contributed by atoms with Gasteiger partial charge in [-0.25, -0.2) is 0 Å². The molecule has 2 atom stereocenters. The van der Waals surface area contributed by atoms with E-state index in [2.05, 4.69) is 38.9 Å². The maximum Gasteiger partial charge on any atom is 0.0675 e. The van der Waals surface area contributed by atoms with Crippen LogP contribution in [0.2, 0.25) is 0 Å². The number of hydrogen-bond donors (Lipinski definition) is 0. The summed E-state index contributed by atoms with van der Waals surface area (Å²) >= 11 is 0. The molecule has 0 amide bonds. The Bertz CT molecular complexity index is 234. The topological polar surface area (TPSA) is 27.0 Å². The zero-order chi connectivity index (χ0) is 12.1. The highest BCUT2D eigenvalue weighted by molar-refractivity contribution is 4.97. The first-order valence-corrected chi connectivity index (χ1v) is 6.64. The maximum atomic E-state index is 9.37. The summed E-state index contributed by atoms with van der Waals surface area (Å²) in [6.07, 6.45) is 6.72. The largest absolute Gasteiger partial charge is 0.305 e. The molecule has 0 radical (unpaired) electrons. The maximum absolute atomic E-state index is 9.37. The van der Waals surface area contributed by atoms with Crippen LogP contribution in [0.3, 0.4) is 0 Å². The number of rotatable bonds is 4. The molecule has 1 fully saturated rings. The minimum Gasteiger partial charge on any atom is -0.305 e. The van der Waals surface area contributed by atoms with Crippen molar-refractivity contribution in [3.05, 3.63) is 0 Å². The van der Waals surface area contributed by atoms with Gasteiger partial charge in [0.2, 0.25) is 0 Å². The summed E-state index contributed by atoms with van der Waals surface area (Å²) in [5.41, 5.74) is 0. The van der Waals surface area contributed by atoms with Gasteiger partial charge in [-0.05, 0) is 38.8 Å². The summed E-state index contributed by atoms with van der Waals surface area (Å²) in [6, 6.07) is 2.99. The lowest BCUT2D eigenvalue weighted by Crippen LogP contribution is -2.43. The van der Waals surface area contributed by atoms with Crippen molar-refractivity contribution in [2.75, 3.05) is 14.1 Å². The van der Waals surface area contributed by atoms with Crippen LogP contribution in [0.25, 0.3) is 0 Å². The predicted octanol–water partition coefficient (Wildman–Crippen LogP) is 3.29. The van der Waals surface area contributed by atoms with Gasteiger partial charge in [0, 0.05) is 6.04 Å². The van der Waals surface area contributed by atoms with Crippen molar-refractivity contribution in [2.45, 2.75) is 52.0 Å². The monoisotopic (exact) mass is 222 g/mol. The van der Waals surface area contributed by atoms with Gasteiger partial charge in [0.1, 0.15) is 0 Å². The van der Waals surface area contributed by atoms with Crippen LogP contribution in [0.1, 0.15) is 46.0 Å². The van der Waals surface area contributed by atoms with Gasteiger partial charge in [0.15, 0.2) is 0 Å². The second-order valence-electron chi connectivity index (χ2n) is 5.75. The lowest BCUT2D eigenvalue weighted by Gasteiger charge is -2.38. The molecule has 0 aromatic carbocycles. The Morgan fingerprint density at radius 2 is 1.69 bits per heavy atom. The van der Waals surface area contributed by atoms with Gasteiger partial charge in [-0.2, -0.15) is 5.26 Å². The smallest absolute Gasteiger partial charge is 0.0675 e. The van der Waals surface area contributed by atoms with E-state index >= 15 is 0 Å². The Hall–Kier alpha value is -0.550. The molecule has 0 aromatic rings. The van der Waals surface area contributed by atoms with E-state index < -0.39 is 0 Å². The van der Waals surface area contributed by atoms with Gasteiger partial charge in [-0.3, -0.25) is 0 Å². The van der Waals surface area contributed by atoms with E-state index in [1.54, 1.807) is 0 Å². The lowest BCUT2D eigenvalue weighted by molar-refractivity contribution is 0.115. The normalized spacial score (nSPS) is 22.1. The van der Waals surface area contributed by atoms with Crippen molar-refractivity contribution in [3.8, 4) is 6.07 Å². The molecule has 2 heteroatoms. The zero-order valence-electron chi connectivity index (χ0n) is 11.2. The molecule has 0 heterocycles. The van der Waals surface area contributed by atoms with E-state index in [-0.39, 0.29) is 5.92 Å². The second-order valence-corrected chi connectivity index (χ2v) is 5.75. The van der Waals surface area contributed by atoms with Crippen LogP contribution in [0.5, 0.6) is 0 Å². The van der Waals surface area contributed by atoms with Gasteiger partial charge in [0.05, 0.1) is 12.0 Å². The predicted molar refractivity (Wildman–Crippen MR) is 68.0 cm³/mol. The molecule has 0 N–H and O–H groups in total. The molecule has 2 nitrogen and oxygen atoms in total. The fourth-order valence-corrected chi connectivity index (χ4v) is 3.13. The quantitative estimate of drug-likeness (QED) is 0.730. The van der Waals surface area contributed by atoms with Gasteiger partial charge < -0.3 is 4.90 Å². The van der Waals surface area contributed by atoms with E-state index in [0.717, 1.165) is 5.92 Å². The van der Waals surface area contributed by atoms with Crippen LogP contribution < -0.4 is 0 Å². The average molecular weight is 222 g/mol. The molecule has 0 spiro atoms. The Morgan fingerprint density at radius 1 is 1.12 bits per heavy atom. The Labute approximate surface area is 101 Å². The van der Waals surface area contributed by atoms with Crippen molar-refractivity contribution in [3.63, 3.8) is 0 Å². The van der Waals surface area contributed by atoms with Crippen molar-refractivity contribution >= 4 is 0 Å². The highest BCUT2D eigenvalue weighted by atomic mass is 15.1. The minimum atomic E-state index is 0.179. The Balaban J connectivity index is 2.76. The molecule has 1 rings (SSSR count). The lowest BCUT2D eigenvalue weighted by atomic mass is 9.75. The van der Waals surface area contributed by atoms with Crippen LogP contribution in [0.15, 0.2) is 0 Å². The third-order valence-electron chi connectivity index (χ3n) is 3.96. The third kappa shape index (κ3) is 3.22. The standard InChI is InChI=1S/C14H26N2/c1-11(2)13(10-15)14(16(3)4)12-8-6-5-7-9-12/h11-14H,5-9H2,1-4H3. The molecular formula is C14H26N2. The van der Waals surface area contributed by atoms with E-state index in [9.17, 15) is 5.26 Å². The second kappa shape index (κ2) is 6.25. The fraction of sp³-hybridized carbons (Fsp3) is 0.929. The zero-order valence-corrected chi connectivity index (χ0v) is 11.2. The van der Waals surface area contributed by atoms with Crippen LogP contribution in [-0.2, 0) is 0 Å². The minimum absolute atomic E-state index is 0.179. The molecule has 0 aliphatic heterocycles. The van der Waals surface area contributed by atoms with Crippen molar-refractivity contribution in [2.24, 2.45) is 17.8 Å². The summed E-state index contributed by atoms with van der Waals surface area (Å²) in [5.74, 6) is 1.37. The third-order valence-corrected chi connectivity index (χ3v) is 3.96. The van der Waals surface area contributed by atoms with Gasteiger partial charge in [-0.15, -0.1) is 0 Å². The van der Waals surface area contributed by atoms with Gasteiger partial charge >= 0.3 is 0 Å². The van der Waals surface area contributed by atoms with Gasteiger partial charge in [-0.1, -0.05) is 33.1 Å². The SMILES string of the molecule is CC(C)C(C#N)C(C1CCCCC1)N(C)C. The summed E-state index contributed by atoms with van der Waals surface area (Å²) in [7, 11) is 4.26. The molecule has 0 saturated heterocycles. The van der Waals surface area contributed by atoms with Crippen LogP contribution >= 0.6 is 0 Å². The first kappa shape index (κ1) is 13.5. The molecule has 0 aromatic heterocycles. The van der Waals surface area contributed by atoms with Crippen LogP contribution in [-0.4, -0.2) is 25.0 Å². The van der Waals surface area contributed by atoms with E-state index in [1.165, 1.54) is 32.1 Å². The fourth-order valence-electron chi connectivity index (χ4n) is 3.13. The molecule has 1 saturated carbocycles. The van der Waals surface area contributed by atoms with Crippen molar-refractivity contribution < 1.29 is 0 Å². The number of nitrogens with zero attached hydrogens (tertiary/aromatic N) is 2. The summed E-state index contributed by atoms with van der Waals surface area (Å²) in [4.78, 5) is 2.28. The van der Waals surface area contributed by atoms with Crippen LogP contribution in [0, 0.1) is 29.1 Å². The number of hydrogen-bond acceptors (Lipinski definition) is 2. The molecular weight excluding hydrogens is 196 g/mol. The van der Waals surface area contributed by atoms with E-state index in [4.69, 9.17) is 0 Å². The van der Waals surface area contributed by atoms with E-state index in [1.807, 2.05) is 0 Å². The summed E-state index contributed by atoms with van der Waals surface area (Å²) in [6.45, 7) is 4.35. The van der Waals surface area contributed by atoms with Crippen molar-refractivity contribution in [1.82, 2.24) is 4.90 Å². The summed E-state index contributed by atoms with van der Waals surface area (Å²) in [5, 5.41) is 9.37. The number of nitriles is 1. The Morgan fingerprint density at radius 3 is 2.06 bits per heavy atom. The molecule has 2 unspecified atom stereocenters. The average Bonchev–Trinajstić information content (AvgIpc) is 2.25. The molecule has 92 valence electrons. The van der Waals surface area contributed by atoms with Crippen LogP contribution in [0.4, 0.5) is 0 Å². The molecule has 1 aliphatic rings. The Kier molecular flexibility index (Phi) is 5.28. The summed E-state index contributed by atoms with van der Waals surface area (Å²) < 4.78 is 0. The van der Waals surface area contributed by atoms with Gasteiger partial charge in [0.25, 0.3) is 0 Å². The molecule has 0 bridgehead atoms. The highest BCUT2D eigenvalue weighted by Gasteiger charge is 2.33. The molecule has 16 heavy (non-hydrogen) atoms. The molecule has 1 aliphatic carbocycles. The first-order valence-electron chi connectivity index (χ1n) is 6.64. The van der Waals surface area contributed by atoms with E-state index in [0.29, 0.717) is 12.0 Å². The highest BCUT2D eigenvalue weighted by Crippen LogP contribution is 2.33.